The number of ether oxygens (including phenoxy) is 1. The normalized spacial score (nSPS) is 20.0. The summed E-state index contributed by atoms with van der Waals surface area (Å²) in [5, 5.41) is 4.75. The first-order valence-electron chi connectivity index (χ1n) is 6.15. The fraction of sp³-hybridized carbons (Fsp3) is 0.429. The van der Waals surface area contributed by atoms with Crippen LogP contribution >= 0.6 is 0 Å². The van der Waals surface area contributed by atoms with Crippen molar-refractivity contribution in [2.24, 2.45) is 0 Å². The van der Waals surface area contributed by atoms with Gasteiger partial charge in [0, 0.05) is 30.2 Å². The van der Waals surface area contributed by atoms with Crippen molar-refractivity contribution >= 4 is 10.9 Å². The monoisotopic (exact) mass is 230 g/mol. The molecule has 90 valence electrons. The van der Waals surface area contributed by atoms with Gasteiger partial charge < -0.3 is 14.6 Å². The summed E-state index contributed by atoms with van der Waals surface area (Å²) in [6.07, 6.45) is 3.47. The van der Waals surface area contributed by atoms with Crippen LogP contribution in [0.2, 0.25) is 0 Å². The Morgan fingerprint density at radius 1 is 1.41 bits per heavy atom. The molecule has 1 saturated heterocycles. The van der Waals surface area contributed by atoms with Gasteiger partial charge in [-0.3, -0.25) is 0 Å². The molecule has 0 amide bonds. The highest BCUT2D eigenvalue weighted by Gasteiger charge is 2.18. The maximum absolute atomic E-state index is 5.32. The molecule has 0 radical (unpaired) electrons. The van der Waals surface area contributed by atoms with Gasteiger partial charge in [0.15, 0.2) is 0 Å². The number of methoxy groups -OCH3 is 1. The Morgan fingerprint density at radius 2 is 2.29 bits per heavy atom. The van der Waals surface area contributed by atoms with Crippen LogP contribution < -0.4 is 10.1 Å². The SMILES string of the molecule is COc1ccc2c(C)cn([C@@H]3CCNC3)c2c1. The van der Waals surface area contributed by atoms with Gasteiger partial charge in [-0.05, 0) is 37.6 Å². The zero-order valence-corrected chi connectivity index (χ0v) is 10.4. The van der Waals surface area contributed by atoms with E-state index < -0.39 is 0 Å². The molecule has 1 aromatic heterocycles. The Balaban J connectivity index is 2.16. The van der Waals surface area contributed by atoms with Crippen molar-refractivity contribution in [3.63, 3.8) is 0 Å². The molecule has 3 nitrogen and oxygen atoms in total. The summed E-state index contributed by atoms with van der Waals surface area (Å²) < 4.78 is 7.72. The number of aromatic nitrogens is 1. The van der Waals surface area contributed by atoms with Crippen LogP contribution in [0.25, 0.3) is 10.9 Å². The van der Waals surface area contributed by atoms with Crippen molar-refractivity contribution in [2.45, 2.75) is 19.4 Å². The molecule has 0 aliphatic carbocycles. The molecule has 1 N–H and O–H groups in total. The standard InChI is InChI=1S/C14H18N2O/c1-10-9-16(11-5-6-15-8-11)14-7-12(17-2)3-4-13(10)14/h3-4,7,9,11,15H,5-6,8H2,1-2H3/t11-/m1/s1. The van der Waals surface area contributed by atoms with Gasteiger partial charge in [0.1, 0.15) is 5.75 Å². The Kier molecular flexibility index (Phi) is 2.56. The highest BCUT2D eigenvalue weighted by Crippen LogP contribution is 2.29. The van der Waals surface area contributed by atoms with Crippen LogP contribution in [-0.4, -0.2) is 24.8 Å². The summed E-state index contributed by atoms with van der Waals surface area (Å²) in [6, 6.07) is 6.91. The molecular weight excluding hydrogens is 212 g/mol. The molecule has 1 aromatic carbocycles. The molecule has 0 saturated carbocycles. The summed E-state index contributed by atoms with van der Waals surface area (Å²) in [7, 11) is 1.72. The average Bonchev–Trinajstić information content (AvgIpc) is 2.97. The van der Waals surface area contributed by atoms with E-state index in [0.717, 1.165) is 18.8 Å². The van der Waals surface area contributed by atoms with E-state index in [2.05, 4.69) is 35.1 Å². The molecule has 0 unspecified atom stereocenters. The molecule has 0 spiro atoms. The fourth-order valence-electron chi connectivity index (χ4n) is 2.71. The smallest absolute Gasteiger partial charge is 0.120 e. The van der Waals surface area contributed by atoms with E-state index in [1.807, 2.05) is 6.07 Å². The summed E-state index contributed by atoms with van der Waals surface area (Å²) in [5.41, 5.74) is 2.63. The molecule has 2 heterocycles. The molecule has 3 rings (SSSR count). The largest absolute Gasteiger partial charge is 0.497 e. The van der Waals surface area contributed by atoms with Crippen LogP contribution in [0.3, 0.4) is 0 Å². The van der Waals surface area contributed by atoms with E-state index in [1.54, 1.807) is 7.11 Å². The van der Waals surface area contributed by atoms with Crippen molar-refractivity contribution in [2.75, 3.05) is 20.2 Å². The van der Waals surface area contributed by atoms with Crippen molar-refractivity contribution < 1.29 is 4.74 Å². The Hall–Kier alpha value is -1.48. The molecule has 17 heavy (non-hydrogen) atoms. The molecule has 1 atom stereocenters. The van der Waals surface area contributed by atoms with Gasteiger partial charge in [-0.25, -0.2) is 0 Å². The van der Waals surface area contributed by atoms with E-state index in [0.29, 0.717) is 6.04 Å². The highest BCUT2D eigenvalue weighted by molar-refractivity contribution is 5.85. The van der Waals surface area contributed by atoms with E-state index in [1.165, 1.54) is 22.9 Å². The van der Waals surface area contributed by atoms with Gasteiger partial charge in [0.25, 0.3) is 0 Å². The first kappa shape index (κ1) is 10.7. The van der Waals surface area contributed by atoms with Crippen molar-refractivity contribution in [1.29, 1.82) is 0 Å². The number of nitrogens with zero attached hydrogens (tertiary/aromatic N) is 1. The number of nitrogens with one attached hydrogen (secondary N) is 1. The third-order valence-corrected chi connectivity index (χ3v) is 3.67. The first-order valence-corrected chi connectivity index (χ1v) is 6.15. The van der Waals surface area contributed by atoms with Crippen LogP contribution in [-0.2, 0) is 0 Å². The van der Waals surface area contributed by atoms with Crippen molar-refractivity contribution in [3.8, 4) is 5.75 Å². The third kappa shape index (κ3) is 1.71. The number of hydrogen-bond acceptors (Lipinski definition) is 2. The molecule has 0 bridgehead atoms. The summed E-state index contributed by atoms with van der Waals surface area (Å²) >= 11 is 0. The van der Waals surface area contributed by atoms with Crippen LogP contribution in [0.15, 0.2) is 24.4 Å². The quantitative estimate of drug-likeness (QED) is 0.858. The minimum absolute atomic E-state index is 0.582. The van der Waals surface area contributed by atoms with E-state index >= 15 is 0 Å². The Bertz CT molecular complexity index is 538. The van der Waals surface area contributed by atoms with Crippen LogP contribution in [0.4, 0.5) is 0 Å². The zero-order chi connectivity index (χ0) is 11.8. The van der Waals surface area contributed by atoms with Gasteiger partial charge in [-0.2, -0.15) is 0 Å². The van der Waals surface area contributed by atoms with Crippen LogP contribution in [0, 0.1) is 6.92 Å². The lowest BCUT2D eigenvalue weighted by Crippen LogP contribution is -2.12. The minimum atomic E-state index is 0.582. The van der Waals surface area contributed by atoms with E-state index in [9.17, 15) is 0 Å². The average molecular weight is 230 g/mol. The number of benzene rings is 1. The summed E-state index contributed by atoms with van der Waals surface area (Å²) in [4.78, 5) is 0. The van der Waals surface area contributed by atoms with Gasteiger partial charge in [0.2, 0.25) is 0 Å². The zero-order valence-electron chi connectivity index (χ0n) is 10.4. The lowest BCUT2D eigenvalue weighted by Gasteiger charge is -2.13. The van der Waals surface area contributed by atoms with Gasteiger partial charge in [-0.15, -0.1) is 0 Å². The van der Waals surface area contributed by atoms with Gasteiger partial charge in [-0.1, -0.05) is 0 Å². The lowest BCUT2D eigenvalue weighted by molar-refractivity contribution is 0.415. The fourth-order valence-corrected chi connectivity index (χ4v) is 2.71. The van der Waals surface area contributed by atoms with E-state index in [-0.39, 0.29) is 0 Å². The number of fused-ring (bicyclic) bond motifs is 1. The molecular formula is C14H18N2O. The first-order chi connectivity index (χ1) is 8.29. The topological polar surface area (TPSA) is 26.2 Å². The maximum atomic E-state index is 5.32. The third-order valence-electron chi connectivity index (χ3n) is 3.67. The van der Waals surface area contributed by atoms with Crippen LogP contribution in [0.5, 0.6) is 5.75 Å². The predicted molar refractivity (Wildman–Crippen MR) is 69.8 cm³/mol. The van der Waals surface area contributed by atoms with E-state index in [4.69, 9.17) is 4.74 Å². The van der Waals surface area contributed by atoms with Crippen molar-refractivity contribution in [3.05, 3.63) is 30.0 Å². The Labute approximate surface area is 101 Å². The van der Waals surface area contributed by atoms with Gasteiger partial charge >= 0.3 is 0 Å². The highest BCUT2D eigenvalue weighted by atomic mass is 16.5. The van der Waals surface area contributed by atoms with Gasteiger partial charge in [0.05, 0.1) is 12.6 Å². The van der Waals surface area contributed by atoms with Crippen LogP contribution in [0.1, 0.15) is 18.0 Å². The molecule has 1 aliphatic heterocycles. The predicted octanol–water partition coefficient (Wildman–Crippen LogP) is 2.49. The number of hydrogen-bond donors (Lipinski definition) is 1. The molecule has 3 heteroatoms. The molecule has 1 fully saturated rings. The second-order valence-electron chi connectivity index (χ2n) is 4.75. The van der Waals surface area contributed by atoms with Crippen molar-refractivity contribution in [1.82, 2.24) is 9.88 Å². The molecule has 2 aromatic rings. The summed E-state index contributed by atoms with van der Waals surface area (Å²) in [6.45, 7) is 4.36. The minimum Gasteiger partial charge on any atom is -0.497 e. The lowest BCUT2D eigenvalue weighted by atomic mass is 10.2. The Morgan fingerprint density at radius 3 is 3.00 bits per heavy atom. The maximum Gasteiger partial charge on any atom is 0.120 e. The summed E-state index contributed by atoms with van der Waals surface area (Å²) in [5.74, 6) is 0.933. The second-order valence-corrected chi connectivity index (χ2v) is 4.75. The molecule has 1 aliphatic rings. The second kappa shape index (κ2) is 4.08. The number of aryl methyl sites for hydroxylation is 1. The number of rotatable bonds is 2.